The number of halogens is 1. The molecule has 0 aromatic heterocycles. The molecule has 0 aliphatic carbocycles. The molecule has 0 atom stereocenters. The van der Waals surface area contributed by atoms with Gasteiger partial charge in [0.05, 0.1) is 4.90 Å². The summed E-state index contributed by atoms with van der Waals surface area (Å²) in [6.45, 7) is 2.44. The second-order valence-electron chi connectivity index (χ2n) is 6.72. The van der Waals surface area contributed by atoms with Crippen molar-refractivity contribution in [3.63, 3.8) is 0 Å². The van der Waals surface area contributed by atoms with Crippen LogP contribution < -0.4 is 4.72 Å². The lowest BCUT2D eigenvalue weighted by Crippen LogP contribution is -2.26. The highest BCUT2D eigenvalue weighted by Gasteiger charge is 2.17. The van der Waals surface area contributed by atoms with Crippen molar-refractivity contribution in [3.05, 3.63) is 95.3 Å². The van der Waals surface area contributed by atoms with E-state index < -0.39 is 15.8 Å². The molecule has 3 rings (SSSR count). The summed E-state index contributed by atoms with van der Waals surface area (Å²) >= 11 is 0. The first-order chi connectivity index (χ1) is 13.8. The van der Waals surface area contributed by atoms with E-state index in [1.54, 1.807) is 11.9 Å². The monoisotopic (exact) mass is 412 g/mol. The van der Waals surface area contributed by atoms with Crippen LogP contribution in [0.2, 0.25) is 0 Å². The number of amides is 1. The molecule has 1 N–H and O–H groups in total. The summed E-state index contributed by atoms with van der Waals surface area (Å²) in [6, 6.07) is 18.6. The number of hydrogen-bond acceptors (Lipinski definition) is 3. The molecule has 0 unspecified atom stereocenters. The van der Waals surface area contributed by atoms with Gasteiger partial charge in [0.15, 0.2) is 0 Å². The smallest absolute Gasteiger partial charge is 0.261 e. The van der Waals surface area contributed by atoms with Crippen molar-refractivity contribution in [2.45, 2.75) is 18.4 Å². The Balaban J connectivity index is 1.72. The molecule has 0 fully saturated rings. The predicted octanol–water partition coefficient (Wildman–Crippen LogP) is 4.21. The van der Waals surface area contributed by atoms with Gasteiger partial charge in [-0.2, -0.15) is 0 Å². The van der Waals surface area contributed by atoms with Crippen molar-refractivity contribution in [1.29, 1.82) is 0 Å². The first kappa shape index (κ1) is 20.5. The first-order valence-electron chi connectivity index (χ1n) is 8.95. The topological polar surface area (TPSA) is 66.5 Å². The number of carbonyl (C=O) groups is 1. The van der Waals surface area contributed by atoms with Crippen molar-refractivity contribution in [2.75, 3.05) is 11.8 Å². The molecule has 5 nitrogen and oxygen atoms in total. The maximum Gasteiger partial charge on any atom is 0.261 e. The number of rotatable bonds is 6. The van der Waals surface area contributed by atoms with Crippen LogP contribution in [0.3, 0.4) is 0 Å². The molecular weight excluding hydrogens is 391 g/mol. The molecule has 1 amide bonds. The lowest BCUT2D eigenvalue weighted by molar-refractivity contribution is 0.0785. The molecule has 0 aliphatic heterocycles. The van der Waals surface area contributed by atoms with Gasteiger partial charge in [0, 0.05) is 24.8 Å². The highest BCUT2D eigenvalue weighted by Crippen LogP contribution is 2.18. The van der Waals surface area contributed by atoms with Crippen LogP contribution in [0, 0.1) is 12.7 Å². The average molecular weight is 412 g/mol. The van der Waals surface area contributed by atoms with Gasteiger partial charge in [0.1, 0.15) is 5.82 Å². The zero-order chi connectivity index (χ0) is 21.0. The van der Waals surface area contributed by atoms with Gasteiger partial charge in [-0.25, -0.2) is 12.8 Å². The lowest BCUT2D eigenvalue weighted by atomic mass is 10.1. The Morgan fingerprint density at radius 3 is 2.21 bits per heavy atom. The van der Waals surface area contributed by atoms with E-state index in [2.05, 4.69) is 4.72 Å². The predicted molar refractivity (Wildman–Crippen MR) is 111 cm³/mol. The fourth-order valence-electron chi connectivity index (χ4n) is 2.84. The summed E-state index contributed by atoms with van der Waals surface area (Å²) in [4.78, 5) is 14.3. The third kappa shape index (κ3) is 5.00. The number of nitrogens with one attached hydrogen (secondary N) is 1. The zero-order valence-corrected chi connectivity index (χ0v) is 16.9. The quantitative estimate of drug-likeness (QED) is 0.660. The van der Waals surface area contributed by atoms with Gasteiger partial charge in [0.2, 0.25) is 0 Å². The SMILES string of the molecule is Cc1ccccc1CN(C)C(=O)c1ccc(S(=O)(=O)Nc2ccc(F)cc2)cc1. The third-order valence-corrected chi connectivity index (χ3v) is 5.92. The fourth-order valence-corrected chi connectivity index (χ4v) is 3.90. The van der Waals surface area contributed by atoms with Crippen LogP contribution in [0.5, 0.6) is 0 Å². The molecule has 0 spiro atoms. The van der Waals surface area contributed by atoms with Crippen LogP contribution in [-0.2, 0) is 16.6 Å². The van der Waals surface area contributed by atoms with Crippen molar-refractivity contribution in [3.8, 4) is 0 Å². The minimum absolute atomic E-state index is 0.0138. The molecule has 0 radical (unpaired) electrons. The van der Waals surface area contributed by atoms with Gasteiger partial charge in [-0.1, -0.05) is 24.3 Å². The number of nitrogens with zero attached hydrogens (tertiary/aromatic N) is 1. The van der Waals surface area contributed by atoms with Gasteiger partial charge in [0.25, 0.3) is 15.9 Å². The Kier molecular flexibility index (Phi) is 5.98. The Bertz CT molecular complexity index is 1110. The summed E-state index contributed by atoms with van der Waals surface area (Å²) in [5.74, 6) is -0.658. The van der Waals surface area contributed by atoms with Crippen LogP contribution in [0.1, 0.15) is 21.5 Å². The van der Waals surface area contributed by atoms with E-state index in [9.17, 15) is 17.6 Å². The summed E-state index contributed by atoms with van der Waals surface area (Å²) in [7, 11) is -2.14. The number of anilines is 1. The fraction of sp³-hybridized carbons (Fsp3) is 0.136. The van der Waals surface area contributed by atoms with E-state index >= 15 is 0 Å². The molecule has 0 saturated carbocycles. The Labute approximate surface area is 169 Å². The molecule has 3 aromatic carbocycles. The van der Waals surface area contributed by atoms with Crippen LogP contribution in [0.4, 0.5) is 10.1 Å². The third-order valence-electron chi connectivity index (χ3n) is 4.52. The second kappa shape index (κ2) is 8.45. The maximum absolute atomic E-state index is 13.0. The minimum atomic E-state index is -3.84. The Morgan fingerprint density at radius 1 is 0.966 bits per heavy atom. The van der Waals surface area contributed by atoms with Gasteiger partial charge in [-0.15, -0.1) is 0 Å². The normalized spacial score (nSPS) is 11.1. The second-order valence-corrected chi connectivity index (χ2v) is 8.41. The Hall–Kier alpha value is -3.19. The lowest BCUT2D eigenvalue weighted by Gasteiger charge is -2.19. The molecule has 0 saturated heterocycles. The highest BCUT2D eigenvalue weighted by molar-refractivity contribution is 7.92. The van der Waals surface area contributed by atoms with Crippen molar-refractivity contribution < 1.29 is 17.6 Å². The first-order valence-corrected chi connectivity index (χ1v) is 10.4. The number of sulfonamides is 1. The van der Waals surface area contributed by atoms with E-state index in [1.165, 1.54) is 48.5 Å². The van der Waals surface area contributed by atoms with Gasteiger partial charge >= 0.3 is 0 Å². The molecule has 3 aromatic rings. The van der Waals surface area contributed by atoms with Gasteiger partial charge < -0.3 is 4.90 Å². The van der Waals surface area contributed by atoms with Crippen LogP contribution in [0.25, 0.3) is 0 Å². The molecule has 7 heteroatoms. The summed E-state index contributed by atoms with van der Waals surface area (Å²) in [6.07, 6.45) is 0. The Morgan fingerprint density at radius 2 is 1.59 bits per heavy atom. The van der Waals surface area contributed by atoms with Crippen molar-refractivity contribution in [2.24, 2.45) is 0 Å². The molecule has 150 valence electrons. The van der Waals surface area contributed by atoms with E-state index in [0.29, 0.717) is 12.1 Å². The van der Waals surface area contributed by atoms with Crippen LogP contribution >= 0.6 is 0 Å². The van der Waals surface area contributed by atoms with Crippen molar-refractivity contribution in [1.82, 2.24) is 4.90 Å². The number of carbonyl (C=O) groups excluding carboxylic acids is 1. The molecule has 0 heterocycles. The molecule has 29 heavy (non-hydrogen) atoms. The zero-order valence-electron chi connectivity index (χ0n) is 16.1. The largest absolute Gasteiger partial charge is 0.337 e. The minimum Gasteiger partial charge on any atom is -0.337 e. The summed E-state index contributed by atoms with van der Waals surface area (Å²) < 4.78 is 40.3. The van der Waals surface area contributed by atoms with Gasteiger partial charge in [-0.3, -0.25) is 9.52 Å². The number of aryl methyl sites for hydroxylation is 1. The van der Waals surface area contributed by atoms with Crippen molar-refractivity contribution >= 4 is 21.6 Å². The molecule has 0 aliphatic rings. The maximum atomic E-state index is 13.0. The van der Waals surface area contributed by atoms with E-state index in [-0.39, 0.29) is 16.5 Å². The van der Waals surface area contributed by atoms with Crippen LogP contribution in [-0.4, -0.2) is 26.3 Å². The highest BCUT2D eigenvalue weighted by atomic mass is 32.2. The number of hydrogen-bond donors (Lipinski definition) is 1. The summed E-state index contributed by atoms with van der Waals surface area (Å²) in [5, 5.41) is 0. The number of benzene rings is 3. The summed E-state index contributed by atoms with van der Waals surface area (Å²) in [5.41, 5.74) is 2.79. The average Bonchev–Trinajstić information content (AvgIpc) is 2.71. The molecular formula is C22H21FN2O3S. The standard InChI is InChI=1S/C22H21FN2O3S/c1-16-5-3-4-6-18(16)15-25(2)22(26)17-7-13-21(14-8-17)29(27,28)24-20-11-9-19(23)10-12-20/h3-14,24H,15H2,1-2H3. The van der Waals surface area contributed by atoms with E-state index in [0.717, 1.165) is 11.1 Å². The van der Waals surface area contributed by atoms with E-state index in [4.69, 9.17) is 0 Å². The van der Waals surface area contributed by atoms with E-state index in [1.807, 2.05) is 31.2 Å². The van der Waals surface area contributed by atoms with Gasteiger partial charge in [-0.05, 0) is 66.6 Å². The van der Waals surface area contributed by atoms with Crippen LogP contribution in [0.15, 0.2) is 77.7 Å². The molecule has 0 bridgehead atoms.